The third kappa shape index (κ3) is 3.52. The molecule has 0 fully saturated rings. The summed E-state index contributed by atoms with van der Waals surface area (Å²) >= 11 is 0. The minimum Gasteiger partial charge on any atom is -0.294 e. The first-order valence-corrected chi connectivity index (χ1v) is 6.22. The summed E-state index contributed by atoms with van der Waals surface area (Å²) in [6.45, 7) is 0. The molecule has 0 unspecified atom stereocenters. The molecule has 0 aromatic heterocycles. The molecule has 1 aliphatic carbocycles. The molecule has 0 bridgehead atoms. The fraction of sp³-hybridized carbons (Fsp3) is 0.400. The van der Waals surface area contributed by atoms with E-state index in [0.29, 0.717) is 6.42 Å². The molecular formula is C15H17FO. The molecule has 1 aliphatic rings. The van der Waals surface area contributed by atoms with Crippen LogP contribution in [-0.2, 0) is 11.2 Å². The van der Waals surface area contributed by atoms with Crippen molar-refractivity contribution in [1.82, 2.24) is 0 Å². The summed E-state index contributed by atoms with van der Waals surface area (Å²) in [6, 6.07) is 6.18. The lowest BCUT2D eigenvalue weighted by Gasteiger charge is -2.04. The molecule has 2 heteroatoms. The SMILES string of the molecule is O=C(Cc1ccc(F)cc1)C1=CCCCCC1. The minimum atomic E-state index is -0.255. The van der Waals surface area contributed by atoms with E-state index >= 15 is 0 Å². The van der Waals surface area contributed by atoms with Gasteiger partial charge in [-0.1, -0.05) is 24.6 Å². The summed E-state index contributed by atoms with van der Waals surface area (Å²) in [7, 11) is 0. The van der Waals surface area contributed by atoms with E-state index in [-0.39, 0.29) is 11.6 Å². The number of benzene rings is 1. The average molecular weight is 232 g/mol. The smallest absolute Gasteiger partial charge is 0.162 e. The molecule has 2 rings (SSSR count). The molecule has 0 atom stereocenters. The Kier molecular flexibility index (Phi) is 4.08. The van der Waals surface area contributed by atoms with Gasteiger partial charge < -0.3 is 0 Å². The van der Waals surface area contributed by atoms with Gasteiger partial charge in [0, 0.05) is 6.42 Å². The number of allylic oxidation sites excluding steroid dienone is 2. The highest BCUT2D eigenvalue weighted by Gasteiger charge is 2.12. The van der Waals surface area contributed by atoms with E-state index in [9.17, 15) is 9.18 Å². The van der Waals surface area contributed by atoms with Gasteiger partial charge in [-0.2, -0.15) is 0 Å². The molecule has 1 nitrogen and oxygen atoms in total. The van der Waals surface area contributed by atoms with Gasteiger partial charge in [-0.05, 0) is 49.0 Å². The van der Waals surface area contributed by atoms with E-state index in [0.717, 1.165) is 30.4 Å². The predicted molar refractivity (Wildman–Crippen MR) is 66.3 cm³/mol. The summed E-state index contributed by atoms with van der Waals surface area (Å²) in [5, 5.41) is 0. The van der Waals surface area contributed by atoms with Crippen LogP contribution in [0.5, 0.6) is 0 Å². The maximum Gasteiger partial charge on any atom is 0.162 e. The van der Waals surface area contributed by atoms with Gasteiger partial charge in [0.05, 0.1) is 0 Å². The maximum atomic E-state index is 12.7. The molecule has 0 saturated carbocycles. The number of Topliss-reactive ketones (excluding diaryl/α,β-unsaturated/α-hetero) is 1. The fourth-order valence-corrected chi connectivity index (χ4v) is 2.17. The number of carbonyl (C=O) groups is 1. The highest BCUT2D eigenvalue weighted by molar-refractivity contribution is 5.96. The molecule has 0 radical (unpaired) electrons. The second-order valence-corrected chi connectivity index (χ2v) is 4.56. The van der Waals surface area contributed by atoms with Gasteiger partial charge >= 0.3 is 0 Å². The molecule has 0 amide bonds. The zero-order valence-corrected chi connectivity index (χ0v) is 9.92. The lowest BCUT2D eigenvalue weighted by Crippen LogP contribution is -2.06. The zero-order chi connectivity index (χ0) is 12.1. The van der Waals surface area contributed by atoms with Gasteiger partial charge in [0.25, 0.3) is 0 Å². The van der Waals surface area contributed by atoms with Crippen LogP contribution in [0.2, 0.25) is 0 Å². The van der Waals surface area contributed by atoms with Crippen LogP contribution in [0.15, 0.2) is 35.9 Å². The van der Waals surface area contributed by atoms with Crippen LogP contribution < -0.4 is 0 Å². The van der Waals surface area contributed by atoms with Crippen LogP contribution in [0, 0.1) is 5.82 Å². The van der Waals surface area contributed by atoms with E-state index in [1.165, 1.54) is 25.0 Å². The van der Waals surface area contributed by atoms with Crippen LogP contribution in [0.1, 0.15) is 37.7 Å². The van der Waals surface area contributed by atoms with Crippen LogP contribution >= 0.6 is 0 Å². The van der Waals surface area contributed by atoms with Gasteiger partial charge in [-0.3, -0.25) is 4.79 Å². The Morgan fingerprint density at radius 1 is 1.12 bits per heavy atom. The highest BCUT2D eigenvalue weighted by Crippen LogP contribution is 2.19. The van der Waals surface area contributed by atoms with Crippen LogP contribution in [0.25, 0.3) is 0 Å². The van der Waals surface area contributed by atoms with Crippen molar-refractivity contribution in [1.29, 1.82) is 0 Å². The third-order valence-corrected chi connectivity index (χ3v) is 3.18. The number of rotatable bonds is 3. The Bertz CT molecular complexity index is 417. The van der Waals surface area contributed by atoms with E-state index in [4.69, 9.17) is 0 Å². The normalized spacial score (nSPS) is 16.2. The zero-order valence-electron chi connectivity index (χ0n) is 9.92. The van der Waals surface area contributed by atoms with Gasteiger partial charge in [0.1, 0.15) is 5.82 Å². The van der Waals surface area contributed by atoms with Crippen molar-refractivity contribution in [2.75, 3.05) is 0 Å². The van der Waals surface area contributed by atoms with Crippen molar-refractivity contribution < 1.29 is 9.18 Å². The molecule has 90 valence electrons. The fourth-order valence-electron chi connectivity index (χ4n) is 2.17. The quantitative estimate of drug-likeness (QED) is 0.774. The van der Waals surface area contributed by atoms with Crippen molar-refractivity contribution in [2.24, 2.45) is 0 Å². The minimum absolute atomic E-state index is 0.193. The van der Waals surface area contributed by atoms with Crippen molar-refractivity contribution in [3.8, 4) is 0 Å². The van der Waals surface area contributed by atoms with Crippen molar-refractivity contribution in [3.05, 3.63) is 47.3 Å². The first kappa shape index (κ1) is 12.0. The summed E-state index contributed by atoms with van der Waals surface area (Å²) < 4.78 is 12.7. The Hall–Kier alpha value is -1.44. The summed E-state index contributed by atoms with van der Waals surface area (Å²) in [5.41, 5.74) is 1.85. The molecule has 0 aliphatic heterocycles. The first-order chi connectivity index (χ1) is 8.25. The number of hydrogen-bond acceptors (Lipinski definition) is 1. The van der Waals surface area contributed by atoms with Gasteiger partial charge in [-0.25, -0.2) is 4.39 Å². The first-order valence-electron chi connectivity index (χ1n) is 6.22. The molecule has 0 spiro atoms. The van der Waals surface area contributed by atoms with E-state index in [1.54, 1.807) is 12.1 Å². The van der Waals surface area contributed by atoms with Crippen molar-refractivity contribution in [2.45, 2.75) is 38.5 Å². The lowest BCUT2D eigenvalue weighted by atomic mass is 10.00. The van der Waals surface area contributed by atoms with E-state index in [1.807, 2.05) is 0 Å². The molecule has 0 N–H and O–H groups in total. The van der Waals surface area contributed by atoms with Gasteiger partial charge in [0.15, 0.2) is 5.78 Å². The molecule has 0 saturated heterocycles. The Balaban J connectivity index is 2.00. The summed E-state index contributed by atoms with van der Waals surface area (Å²) in [6.07, 6.45) is 7.91. The topological polar surface area (TPSA) is 17.1 Å². The monoisotopic (exact) mass is 232 g/mol. The molecular weight excluding hydrogens is 215 g/mol. The highest BCUT2D eigenvalue weighted by atomic mass is 19.1. The van der Waals surface area contributed by atoms with Crippen molar-refractivity contribution in [3.63, 3.8) is 0 Å². The molecule has 17 heavy (non-hydrogen) atoms. The molecule has 1 aromatic rings. The van der Waals surface area contributed by atoms with Gasteiger partial charge in [-0.15, -0.1) is 0 Å². The van der Waals surface area contributed by atoms with Crippen molar-refractivity contribution >= 4 is 5.78 Å². The summed E-state index contributed by atoms with van der Waals surface area (Å²) in [4.78, 5) is 12.0. The molecule has 1 aromatic carbocycles. The number of ketones is 1. The van der Waals surface area contributed by atoms with E-state index < -0.39 is 0 Å². The lowest BCUT2D eigenvalue weighted by molar-refractivity contribution is -0.115. The van der Waals surface area contributed by atoms with Crippen LogP contribution in [0.3, 0.4) is 0 Å². The third-order valence-electron chi connectivity index (χ3n) is 3.18. The largest absolute Gasteiger partial charge is 0.294 e. The number of hydrogen-bond donors (Lipinski definition) is 0. The van der Waals surface area contributed by atoms with E-state index in [2.05, 4.69) is 6.08 Å². The Labute approximate surface area is 101 Å². The second kappa shape index (κ2) is 5.76. The number of halogens is 1. The Morgan fingerprint density at radius 3 is 2.65 bits per heavy atom. The molecule has 0 heterocycles. The van der Waals surface area contributed by atoms with Gasteiger partial charge in [0.2, 0.25) is 0 Å². The van der Waals surface area contributed by atoms with Crippen LogP contribution in [-0.4, -0.2) is 5.78 Å². The number of carbonyl (C=O) groups excluding carboxylic acids is 1. The standard InChI is InChI=1S/C15H17FO/c16-14-9-7-12(8-10-14)11-15(17)13-5-3-1-2-4-6-13/h5,7-10H,1-4,6,11H2. The Morgan fingerprint density at radius 2 is 1.88 bits per heavy atom. The average Bonchev–Trinajstić information content (AvgIpc) is 2.61. The predicted octanol–water partition coefficient (Wildman–Crippen LogP) is 3.83. The second-order valence-electron chi connectivity index (χ2n) is 4.56. The summed E-state index contributed by atoms with van der Waals surface area (Å²) in [5.74, 6) is -0.0617. The van der Waals surface area contributed by atoms with Crippen LogP contribution in [0.4, 0.5) is 4.39 Å². The maximum absolute atomic E-state index is 12.7.